The van der Waals surface area contributed by atoms with Gasteiger partial charge < -0.3 is 5.32 Å². The van der Waals surface area contributed by atoms with Crippen LogP contribution in [-0.4, -0.2) is 6.04 Å². The minimum absolute atomic E-state index is 0. The van der Waals surface area contributed by atoms with Gasteiger partial charge >= 0.3 is 6.18 Å². The van der Waals surface area contributed by atoms with Crippen molar-refractivity contribution in [3.05, 3.63) is 35.4 Å². The predicted molar refractivity (Wildman–Crippen MR) is 65.3 cm³/mol. The lowest BCUT2D eigenvalue weighted by Gasteiger charge is -2.12. The number of halogens is 4. The number of rotatable bonds is 4. The second-order valence-corrected chi connectivity index (χ2v) is 3.88. The topological polar surface area (TPSA) is 12.0 Å². The first-order chi connectivity index (χ1) is 7.43. The molecule has 98 valence electrons. The van der Waals surface area contributed by atoms with Crippen LogP contribution < -0.4 is 5.32 Å². The predicted octanol–water partition coefficient (Wildman–Crippen LogP) is 4.02. The Hall–Kier alpha value is -0.740. The third-order valence-electron chi connectivity index (χ3n) is 2.55. The molecule has 0 aromatic heterocycles. The van der Waals surface area contributed by atoms with E-state index in [0.717, 1.165) is 24.1 Å². The molecule has 0 saturated heterocycles. The van der Waals surface area contributed by atoms with Crippen LogP contribution in [0.25, 0.3) is 0 Å². The first-order valence-corrected chi connectivity index (χ1v) is 5.33. The summed E-state index contributed by atoms with van der Waals surface area (Å²) in [5.41, 5.74) is 0.271. The van der Waals surface area contributed by atoms with E-state index in [4.69, 9.17) is 0 Å². The fourth-order valence-corrected chi connectivity index (χ4v) is 1.25. The highest BCUT2D eigenvalue weighted by Gasteiger charge is 2.29. The number of nitrogens with one attached hydrogen (secondary N) is 1. The van der Waals surface area contributed by atoms with E-state index >= 15 is 0 Å². The van der Waals surface area contributed by atoms with Gasteiger partial charge in [0, 0.05) is 12.6 Å². The first-order valence-electron chi connectivity index (χ1n) is 5.33. The van der Waals surface area contributed by atoms with Gasteiger partial charge in [0.25, 0.3) is 0 Å². The zero-order chi connectivity index (χ0) is 12.2. The Bertz CT molecular complexity index is 322. The van der Waals surface area contributed by atoms with E-state index < -0.39 is 11.7 Å². The molecule has 0 aliphatic heterocycles. The van der Waals surface area contributed by atoms with Gasteiger partial charge in [0.1, 0.15) is 0 Å². The molecular formula is C12H17ClF3N. The summed E-state index contributed by atoms with van der Waals surface area (Å²) in [7, 11) is 0. The minimum atomic E-state index is -4.25. The third-order valence-corrected chi connectivity index (χ3v) is 2.55. The lowest BCUT2D eigenvalue weighted by molar-refractivity contribution is -0.137. The number of benzene rings is 1. The molecule has 5 heteroatoms. The molecule has 17 heavy (non-hydrogen) atoms. The van der Waals surface area contributed by atoms with Crippen LogP contribution in [0.5, 0.6) is 0 Å². The maximum Gasteiger partial charge on any atom is 0.416 e. The Morgan fingerprint density at radius 2 is 1.71 bits per heavy atom. The molecule has 1 aromatic carbocycles. The highest BCUT2D eigenvalue weighted by atomic mass is 35.5. The Morgan fingerprint density at radius 3 is 2.12 bits per heavy atom. The monoisotopic (exact) mass is 267 g/mol. The van der Waals surface area contributed by atoms with Crippen molar-refractivity contribution in [2.24, 2.45) is 0 Å². The van der Waals surface area contributed by atoms with Crippen molar-refractivity contribution in [3.8, 4) is 0 Å². The van der Waals surface area contributed by atoms with Crippen molar-refractivity contribution in [2.75, 3.05) is 0 Å². The smallest absolute Gasteiger partial charge is 0.310 e. The van der Waals surface area contributed by atoms with Crippen LogP contribution in [0.15, 0.2) is 24.3 Å². The molecule has 0 heterocycles. The molecule has 0 radical (unpaired) electrons. The molecule has 0 aliphatic carbocycles. The summed E-state index contributed by atoms with van der Waals surface area (Å²) in [6, 6.07) is 5.64. The van der Waals surface area contributed by atoms with Crippen LogP contribution in [0.2, 0.25) is 0 Å². The van der Waals surface area contributed by atoms with E-state index in [0.29, 0.717) is 12.6 Å². The van der Waals surface area contributed by atoms with Crippen LogP contribution in [0.3, 0.4) is 0 Å². The van der Waals surface area contributed by atoms with Crippen molar-refractivity contribution in [3.63, 3.8) is 0 Å². The summed E-state index contributed by atoms with van der Waals surface area (Å²) in [5, 5.41) is 3.23. The fraction of sp³-hybridized carbons (Fsp3) is 0.500. The van der Waals surface area contributed by atoms with E-state index in [-0.39, 0.29) is 12.4 Å². The zero-order valence-corrected chi connectivity index (χ0v) is 10.7. The van der Waals surface area contributed by atoms with Crippen molar-refractivity contribution in [1.29, 1.82) is 0 Å². The minimum Gasteiger partial charge on any atom is -0.310 e. The molecule has 0 aliphatic rings. The van der Waals surface area contributed by atoms with Gasteiger partial charge in [0.05, 0.1) is 5.56 Å². The fourth-order valence-electron chi connectivity index (χ4n) is 1.25. The average Bonchev–Trinajstić information content (AvgIpc) is 2.25. The Morgan fingerprint density at radius 1 is 1.18 bits per heavy atom. The van der Waals surface area contributed by atoms with Crippen LogP contribution >= 0.6 is 12.4 Å². The summed E-state index contributed by atoms with van der Waals surface area (Å²) in [4.78, 5) is 0. The molecule has 0 amide bonds. The molecule has 0 spiro atoms. The quantitative estimate of drug-likeness (QED) is 0.869. The lowest BCUT2D eigenvalue weighted by atomic mass is 10.1. The van der Waals surface area contributed by atoms with Crippen LogP contribution in [-0.2, 0) is 12.7 Å². The SMILES string of the molecule is CCC(C)NCc1ccc(C(F)(F)F)cc1.Cl. The summed E-state index contributed by atoms with van der Waals surface area (Å²) >= 11 is 0. The summed E-state index contributed by atoms with van der Waals surface area (Å²) in [5.74, 6) is 0. The molecule has 1 atom stereocenters. The van der Waals surface area contributed by atoms with E-state index in [1.165, 1.54) is 12.1 Å². The number of alkyl halides is 3. The maximum absolute atomic E-state index is 12.3. The van der Waals surface area contributed by atoms with Crippen molar-refractivity contribution < 1.29 is 13.2 Å². The van der Waals surface area contributed by atoms with Crippen molar-refractivity contribution >= 4 is 12.4 Å². The lowest BCUT2D eigenvalue weighted by Crippen LogP contribution is -2.24. The zero-order valence-electron chi connectivity index (χ0n) is 9.84. The van der Waals surface area contributed by atoms with E-state index in [1.54, 1.807) is 0 Å². The van der Waals surface area contributed by atoms with Gasteiger partial charge in [-0.25, -0.2) is 0 Å². The second kappa shape index (κ2) is 6.87. The molecule has 1 aromatic rings. The van der Waals surface area contributed by atoms with Crippen molar-refractivity contribution in [2.45, 2.75) is 39.0 Å². The molecular weight excluding hydrogens is 251 g/mol. The Balaban J connectivity index is 0.00000256. The number of hydrogen-bond donors (Lipinski definition) is 1. The van der Waals surface area contributed by atoms with E-state index in [2.05, 4.69) is 12.2 Å². The van der Waals surface area contributed by atoms with Gasteiger partial charge in [-0.1, -0.05) is 19.1 Å². The molecule has 1 rings (SSSR count). The third kappa shape index (κ3) is 5.41. The van der Waals surface area contributed by atoms with Crippen LogP contribution in [0.1, 0.15) is 31.4 Å². The normalized spacial score (nSPS) is 13.0. The summed E-state index contributed by atoms with van der Waals surface area (Å²) in [6.07, 6.45) is -3.25. The van der Waals surface area contributed by atoms with E-state index in [9.17, 15) is 13.2 Å². The second-order valence-electron chi connectivity index (χ2n) is 3.88. The molecule has 1 unspecified atom stereocenters. The van der Waals surface area contributed by atoms with Crippen LogP contribution in [0.4, 0.5) is 13.2 Å². The molecule has 1 nitrogen and oxygen atoms in total. The van der Waals surface area contributed by atoms with Gasteiger partial charge in [-0.15, -0.1) is 12.4 Å². The highest BCUT2D eigenvalue weighted by Crippen LogP contribution is 2.28. The maximum atomic E-state index is 12.3. The number of hydrogen-bond acceptors (Lipinski definition) is 1. The average molecular weight is 268 g/mol. The van der Waals surface area contributed by atoms with Gasteiger partial charge in [-0.05, 0) is 31.0 Å². The van der Waals surface area contributed by atoms with Gasteiger partial charge in [-0.2, -0.15) is 13.2 Å². The van der Waals surface area contributed by atoms with Crippen LogP contribution in [0, 0.1) is 0 Å². The molecule has 0 saturated carbocycles. The molecule has 0 fully saturated rings. The standard InChI is InChI=1S/C12H16F3N.ClH/c1-3-9(2)16-8-10-4-6-11(7-5-10)12(13,14)15;/h4-7,9,16H,3,8H2,1-2H3;1H. The molecule has 0 bridgehead atoms. The Kier molecular flexibility index (Phi) is 6.57. The largest absolute Gasteiger partial charge is 0.416 e. The first kappa shape index (κ1) is 16.3. The van der Waals surface area contributed by atoms with Gasteiger partial charge in [-0.3, -0.25) is 0 Å². The summed E-state index contributed by atoms with van der Waals surface area (Å²) < 4.78 is 36.8. The summed E-state index contributed by atoms with van der Waals surface area (Å²) in [6.45, 7) is 4.71. The Labute approximate surface area is 106 Å². The van der Waals surface area contributed by atoms with Gasteiger partial charge in [0.15, 0.2) is 0 Å². The molecule has 1 N–H and O–H groups in total. The van der Waals surface area contributed by atoms with Gasteiger partial charge in [0.2, 0.25) is 0 Å². The highest BCUT2D eigenvalue weighted by molar-refractivity contribution is 5.85. The van der Waals surface area contributed by atoms with E-state index in [1.807, 2.05) is 6.92 Å². The van der Waals surface area contributed by atoms with Crippen molar-refractivity contribution in [1.82, 2.24) is 5.32 Å².